The van der Waals surface area contributed by atoms with Crippen LogP contribution in [-0.4, -0.2) is 35.2 Å². The van der Waals surface area contributed by atoms with Crippen LogP contribution in [0.1, 0.15) is 28.4 Å². The summed E-state index contributed by atoms with van der Waals surface area (Å²) in [7, 11) is 0. The zero-order chi connectivity index (χ0) is 14.2. The number of hydrogen-bond donors (Lipinski definition) is 1. The molecule has 1 fully saturated rings. The van der Waals surface area contributed by atoms with E-state index < -0.39 is 17.9 Å². The molecule has 5 heteroatoms. The van der Waals surface area contributed by atoms with E-state index in [4.69, 9.17) is 0 Å². The predicted molar refractivity (Wildman–Crippen MR) is 69.6 cm³/mol. The van der Waals surface area contributed by atoms with Gasteiger partial charge in [0, 0.05) is 5.56 Å². The minimum absolute atomic E-state index is 0.0843. The second kappa shape index (κ2) is 4.84. The highest BCUT2D eigenvalue weighted by Gasteiger charge is 2.34. The summed E-state index contributed by atoms with van der Waals surface area (Å²) < 4.78 is 0. The van der Waals surface area contributed by atoms with E-state index in [0.717, 1.165) is 11.1 Å². The first kappa shape index (κ1) is 13.3. The van der Waals surface area contributed by atoms with Crippen molar-refractivity contribution in [2.24, 2.45) is 0 Å². The van der Waals surface area contributed by atoms with Gasteiger partial charge in [-0.1, -0.05) is 17.7 Å². The largest absolute Gasteiger partial charge is 0.318 e. The van der Waals surface area contributed by atoms with Crippen LogP contribution >= 0.6 is 0 Å². The van der Waals surface area contributed by atoms with Crippen LogP contribution in [0, 0.1) is 13.8 Å². The van der Waals surface area contributed by atoms with Crippen molar-refractivity contribution in [3.63, 3.8) is 0 Å². The number of nitrogens with one attached hydrogen (secondary N) is 1. The van der Waals surface area contributed by atoms with Crippen LogP contribution in [0.4, 0.5) is 0 Å². The van der Waals surface area contributed by atoms with Crippen molar-refractivity contribution in [1.29, 1.82) is 0 Å². The molecule has 1 atom stereocenters. The molecular weight excluding hydrogens is 244 g/mol. The summed E-state index contributed by atoms with van der Waals surface area (Å²) >= 11 is 0. The fourth-order valence-corrected chi connectivity index (χ4v) is 2.17. The van der Waals surface area contributed by atoms with Crippen LogP contribution in [0.15, 0.2) is 18.2 Å². The molecule has 5 nitrogen and oxygen atoms in total. The van der Waals surface area contributed by atoms with Gasteiger partial charge >= 0.3 is 0 Å². The van der Waals surface area contributed by atoms with Crippen molar-refractivity contribution in [1.82, 2.24) is 10.2 Å². The molecule has 0 bridgehead atoms. The summed E-state index contributed by atoms with van der Waals surface area (Å²) in [6.07, 6.45) is 0. The van der Waals surface area contributed by atoms with Crippen LogP contribution in [0.2, 0.25) is 0 Å². The summed E-state index contributed by atoms with van der Waals surface area (Å²) in [6, 6.07) is 4.85. The molecule has 1 N–H and O–H groups in total. The third-order valence-electron chi connectivity index (χ3n) is 3.30. The highest BCUT2D eigenvalue weighted by Crippen LogP contribution is 2.16. The van der Waals surface area contributed by atoms with Crippen LogP contribution < -0.4 is 5.32 Å². The Bertz CT molecular complexity index is 566. The van der Waals surface area contributed by atoms with Crippen molar-refractivity contribution in [2.45, 2.75) is 26.8 Å². The maximum absolute atomic E-state index is 12.4. The van der Waals surface area contributed by atoms with E-state index in [-0.39, 0.29) is 12.5 Å². The Morgan fingerprint density at radius 1 is 1.32 bits per heavy atom. The number of amides is 3. The van der Waals surface area contributed by atoms with Gasteiger partial charge in [0.15, 0.2) is 0 Å². The second-order valence-corrected chi connectivity index (χ2v) is 4.84. The van der Waals surface area contributed by atoms with Crippen molar-refractivity contribution >= 4 is 17.7 Å². The van der Waals surface area contributed by atoms with Crippen molar-refractivity contribution in [3.8, 4) is 0 Å². The van der Waals surface area contributed by atoms with E-state index >= 15 is 0 Å². The molecule has 0 aromatic heterocycles. The average molecular weight is 260 g/mol. The van der Waals surface area contributed by atoms with E-state index in [1.807, 2.05) is 26.0 Å². The second-order valence-electron chi connectivity index (χ2n) is 4.84. The zero-order valence-electron chi connectivity index (χ0n) is 11.2. The number of nitrogens with zero attached hydrogens (tertiary/aromatic N) is 1. The SMILES string of the molecule is Cc1ccc(C(=O)N2CC(=O)NC(=O)C2C)c(C)c1. The molecule has 0 spiro atoms. The molecule has 0 saturated carbocycles. The Morgan fingerprint density at radius 2 is 2.00 bits per heavy atom. The Hall–Kier alpha value is -2.17. The number of carbonyl (C=O) groups is 3. The summed E-state index contributed by atoms with van der Waals surface area (Å²) in [5.74, 6) is -1.16. The van der Waals surface area contributed by atoms with Gasteiger partial charge in [0.1, 0.15) is 12.6 Å². The number of rotatable bonds is 1. The van der Waals surface area contributed by atoms with Crippen LogP contribution in [0.25, 0.3) is 0 Å². The first-order valence-corrected chi connectivity index (χ1v) is 6.12. The van der Waals surface area contributed by atoms with E-state index in [0.29, 0.717) is 5.56 Å². The summed E-state index contributed by atoms with van der Waals surface area (Å²) in [5, 5.41) is 2.22. The molecule has 3 amide bonds. The van der Waals surface area contributed by atoms with Crippen LogP contribution in [0.3, 0.4) is 0 Å². The molecule has 1 heterocycles. The molecule has 0 radical (unpaired) electrons. The topological polar surface area (TPSA) is 66.5 Å². The number of piperazine rings is 1. The number of benzene rings is 1. The molecule has 1 saturated heterocycles. The number of hydrogen-bond acceptors (Lipinski definition) is 3. The molecule has 100 valence electrons. The molecule has 2 rings (SSSR count). The van der Waals surface area contributed by atoms with Gasteiger partial charge in [0.2, 0.25) is 11.8 Å². The first-order valence-electron chi connectivity index (χ1n) is 6.12. The maximum Gasteiger partial charge on any atom is 0.255 e. The average Bonchev–Trinajstić information content (AvgIpc) is 2.33. The zero-order valence-corrected chi connectivity index (χ0v) is 11.2. The first-order chi connectivity index (χ1) is 8.90. The number of imide groups is 1. The van der Waals surface area contributed by atoms with E-state index in [1.54, 1.807) is 13.0 Å². The molecule has 1 unspecified atom stereocenters. The quantitative estimate of drug-likeness (QED) is 0.759. The monoisotopic (exact) mass is 260 g/mol. The fraction of sp³-hybridized carbons (Fsp3) is 0.357. The third-order valence-corrected chi connectivity index (χ3v) is 3.30. The van der Waals surface area contributed by atoms with Crippen molar-refractivity contribution in [3.05, 3.63) is 34.9 Å². The van der Waals surface area contributed by atoms with E-state index in [2.05, 4.69) is 5.32 Å². The predicted octanol–water partition coefficient (Wildman–Crippen LogP) is 0.791. The smallest absolute Gasteiger partial charge is 0.255 e. The third kappa shape index (κ3) is 2.50. The van der Waals surface area contributed by atoms with Crippen LogP contribution in [0.5, 0.6) is 0 Å². The minimum atomic E-state index is -0.633. The lowest BCUT2D eigenvalue weighted by molar-refractivity contribution is -0.138. The lowest BCUT2D eigenvalue weighted by Crippen LogP contribution is -2.58. The molecule has 1 aromatic carbocycles. The van der Waals surface area contributed by atoms with Crippen molar-refractivity contribution in [2.75, 3.05) is 6.54 Å². The lowest BCUT2D eigenvalue weighted by Gasteiger charge is -2.32. The van der Waals surface area contributed by atoms with Gasteiger partial charge in [-0.05, 0) is 32.4 Å². The van der Waals surface area contributed by atoms with Gasteiger partial charge in [-0.25, -0.2) is 0 Å². The van der Waals surface area contributed by atoms with Gasteiger partial charge in [-0.3, -0.25) is 19.7 Å². The summed E-state index contributed by atoms with van der Waals surface area (Å²) in [5.41, 5.74) is 2.44. The number of aryl methyl sites for hydroxylation is 2. The Kier molecular flexibility index (Phi) is 3.38. The van der Waals surface area contributed by atoms with Gasteiger partial charge in [0.05, 0.1) is 0 Å². The highest BCUT2D eigenvalue weighted by atomic mass is 16.2. The van der Waals surface area contributed by atoms with Gasteiger partial charge in [-0.15, -0.1) is 0 Å². The lowest BCUT2D eigenvalue weighted by atomic mass is 10.0. The van der Waals surface area contributed by atoms with Gasteiger partial charge in [0.25, 0.3) is 5.91 Å². The van der Waals surface area contributed by atoms with E-state index in [1.165, 1.54) is 4.90 Å². The van der Waals surface area contributed by atoms with E-state index in [9.17, 15) is 14.4 Å². The fourth-order valence-electron chi connectivity index (χ4n) is 2.17. The Morgan fingerprint density at radius 3 is 2.63 bits per heavy atom. The molecule has 1 aromatic rings. The summed E-state index contributed by atoms with van der Waals surface area (Å²) in [4.78, 5) is 36.7. The van der Waals surface area contributed by atoms with Gasteiger partial charge in [-0.2, -0.15) is 0 Å². The molecular formula is C14H16N2O3. The molecule has 0 aliphatic carbocycles. The Labute approximate surface area is 111 Å². The number of carbonyl (C=O) groups excluding carboxylic acids is 3. The molecule has 1 aliphatic heterocycles. The minimum Gasteiger partial charge on any atom is -0.318 e. The molecule has 19 heavy (non-hydrogen) atoms. The normalized spacial score (nSPS) is 19.3. The standard InChI is InChI=1S/C14H16N2O3/c1-8-4-5-11(9(2)6-8)14(19)16-7-12(17)15-13(18)10(16)3/h4-6,10H,7H2,1-3H3,(H,15,17,18). The molecule has 1 aliphatic rings. The van der Waals surface area contributed by atoms with Gasteiger partial charge < -0.3 is 4.90 Å². The Balaban J connectivity index is 2.32. The van der Waals surface area contributed by atoms with Crippen molar-refractivity contribution < 1.29 is 14.4 Å². The summed E-state index contributed by atoms with van der Waals surface area (Å²) in [6.45, 7) is 5.32. The maximum atomic E-state index is 12.4. The highest BCUT2D eigenvalue weighted by molar-refractivity contribution is 6.07. The van der Waals surface area contributed by atoms with Crippen LogP contribution in [-0.2, 0) is 9.59 Å².